The van der Waals surface area contributed by atoms with Crippen molar-refractivity contribution in [3.8, 4) is 0 Å². The summed E-state index contributed by atoms with van der Waals surface area (Å²) in [5, 5.41) is 0. The molecule has 0 bridgehead atoms. The molecule has 0 amide bonds. The third-order valence-corrected chi connectivity index (χ3v) is 2.06. The molecule has 0 spiro atoms. The summed E-state index contributed by atoms with van der Waals surface area (Å²) < 4.78 is 17.4. The van der Waals surface area contributed by atoms with E-state index in [0.717, 1.165) is 5.56 Å². The topological polar surface area (TPSA) is 53.9 Å². The van der Waals surface area contributed by atoms with Gasteiger partial charge in [-0.1, -0.05) is 12.1 Å². The first-order valence-electron chi connectivity index (χ1n) is 4.87. The molecule has 0 fully saturated rings. The Morgan fingerprint density at radius 2 is 2.07 bits per heavy atom. The third-order valence-electron chi connectivity index (χ3n) is 2.06. The molecule has 1 aromatic carbocycles. The Hall–Kier alpha value is -1.42. The van der Waals surface area contributed by atoms with Crippen molar-refractivity contribution < 1.29 is 19.7 Å². The lowest BCUT2D eigenvalue weighted by molar-refractivity contribution is -0.425. The van der Waals surface area contributed by atoms with E-state index < -0.39 is 0 Å². The minimum atomic E-state index is -0.290. The van der Waals surface area contributed by atoms with Gasteiger partial charge < -0.3 is 10.5 Å². The summed E-state index contributed by atoms with van der Waals surface area (Å²) in [5.74, 6) is -0.566. The van der Waals surface area contributed by atoms with Crippen molar-refractivity contribution in [1.29, 1.82) is 0 Å². The van der Waals surface area contributed by atoms with Crippen molar-refractivity contribution in [3.05, 3.63) is 35.6 Å². The molecule has 0 aliphatic carbocycles. The van der Waals surface area contributed by atoms with Gasteiger partial charge in [-0.2, -0.15) is 0 Å². The molecule has 0 aromatic heterocycles. The summed E-state index contributed by atoms with van der Waals surface area (Å²) in [6.07, 6.45) is 0.222. The van der Waals surface area contributed by atoms with Gasteiger partial charge in [0.2, 0.25) is 0 Å². The molecule has 0 saturated carbocycles. The van der Waals surface area contributed by atoms with E-state index in [9.17, 15) is 9.18 Å². The molecule has 3 N–H and O–H groups in total. The fraction of sp³-hybridized carbons (Fsp3) is 0.364. The highest BCUT2D eigenvalue weighted by Crippen LogP contribution is 2.13. The van der Waals surface area contributed by atoms with Gasteiger partial charge in [0.15, 0.2) is 0 Å². The Morgan fingerprint density at radius 1 is 1.47 bits per heavy atom. The van der Waals surface area contributed by atoms with E-state index in [0.29, 0.717) is 6.61 Å². The van der Waals surface area contributed by atoms with Gasteiger partial charge in [-0.15, -0.1) is 0 Å². The lowest BCUT2D eigenvalue weighted by atomic mass is 10.1. The normalized spacial score (nSPS) is 12.2. The van der Waals surface area contributed by atoms with Gasteiger partial charge in [-0.25, -0.2) is 4.39 Å². The van der Waals surface area contributed by atoms with Crippen molar-refractivity contribution in [2.45, 2.75) is 19.4 Å². The van der Waals surface area contributed by atoms with E-state index in [4.69, 9.17) is 4.74 Å². The number of ether oxygens (including phenoxy) is 1. The second-order valence-corrected chi connectivity index (χ2v) is 3.26. The van der Waals surface area contributed by atoms with Crippen LogP contribution in [0.25, 0.3) is 0 Å². The predicted molar refractivity (Wildman–Crippen MR) is 53.3 cm³/mol. The second kappa shape index (κ2) is 5.46. The molecule has 4 heteroatoms. The Bertz CT molecular complexity index is 324. The molecule has 0 radical (unpaired) electrons. The fourth-order valence-corrected chi connectivity index (χ4v) is 1.27. The molecule has 82 valence electrons. The maximum absolute atomic E-state index is 12.6. The van der Waals surface area contributed by atoms with E-state index in [2.05, 4.69) is 5.73 Å². The Balaban J connectivity index is 2.57. The van der Waals surface area contributed by atoms with Crippen LogP contribution in [-0.4, -0.2) is 12.6 Å². The summed E-state index contributed by atoms with van der Waals surface area (Å²) in [7, 11) is 0. The van der Waals surface area contributed by atoms with Crippen LogP contribution in [0.15, 0.2) is 24.3 Å². The fourth-order valence-electron chi connectivity index (χ4n) is 1.27. The number of rotatable bonds is 4. The summed E-state index contributed by atoms with van der Waals surface area (Å²) in [4.78, 5) is 11.2. The van der Waals surface area contributed by atoms with Crippen molar-refractivity contribution in [3.63, 3.8) is 0 Å². The maximum atomic E-state index is 12.6. The zero-order valence-corrected chi connectivity index (χ0v) is 8.70. The van der Waals surface area contributed by atoms with Gasteiger partial charge in [0.05, 0.1) is 6.61 Å². The van der Waals surface area contributed by atoms with Crippen LogP contribution in [0, 0.1) is 5.82 Å². The van der Waals surface area contributed by atoms with Gasteiger partial charge in [-0.05, 0) is 19.1 Å². The van der Waals surface area contributed by atoms with Crippen LogP contribution < -0.4 is 5.73 Å². The van der Waals surface area contributed by atoms with Gasteiger partial charge in [-0.3, -0.25) is 4.79 Å². The largest absolute Gasteiger partial charge is 0.466 e. The summed E-state index contributed by atoms with van der Waals surface area (Å²) >= 11 is 0. The van der Waals surface area contributed by atoms with Crippen LogP contribution in [0.1, 0.15) is 24.9 Å². The number of hydrogen-bond donors (Lipinski definition) is 1. The van der Waals surface area contributed by atoms with Gasteiger partial charge in [0.1, 0.15) is 18.3 Å². The molecule has 1 atom stereocenters. The molecule has 0 aliphatic rings. The van der Waals surface area contributed by atoms with Crippen molar-refractivity contribution >= 4 is 5.97 Å². The number of hydrogen-bond acceptors (Lipinski definition) is 2. The molecule has 1 rings (SSSR count). The van der Waals surface area contributed by atoms with Crippen LogP contribution >= 0.6 is 0 Å². The van der Waals surface area contributed by atoms with E-state index in [1.807, 2.05) is 0 Å². The lowest BCUT2D eigenvalue weighted by Gasteiger charge is -2.07. The molecular weight excluding hydrogens is 197 g/mol. The van der Waals surface area contributed by atoms with Crippen LogP contribution in [0.2, 0.25) is 0 Å². The van der Waals surface area contributed by atoms with Crippen LogP contribution in [0.5, 0.6) is 0 Å². The quantitative estimate of drug-likeness (QED) is 0.759. The highest BCUT2D eigenvalue weighted by molar-refractivity contribution is 5.70. The summed E-state index contributed by atoms with van der Waals surface area (Å²) in [5.41, 5.74) is 4.67. The number of esters is 1. The molecule has 15 heavy (non-hydrogen) atoms. The smallest absolute Gasteiger partial charge is 0.312 e. The average Bonchev–Trinajstić information content (AvgIpc) is 2.18. The zero-order chi connectivity index (χ0) is 11.3. The first-order chi connectivity index (χ1) is 7.13. The predicted octanol–water partition coefficient (Wildman–Crippen LogP) is 1.06. The van der Waals surface area contributed by atoms with Gasteiger partial charge >= 0.3 is 5.97 Å². The van der Waals surface area contributed by atoms with E-state index in [-0.39, 0.29) is 24.2 Å². The van der Waals surface area contributed by atoms with Crippen LogP contribution in [0.3, 0.4) is 0 Å². The Labute approximate surface area is 88.0 Å². The lowest BCUT2D eigenvalue weighted by Crippen LogP contribution is -2.54. The van der Waals surface area contributed by atoms with E-state index >= 15 is 0 Å². The highest BCUT2D eigenvalue weighted by atomic mass is 19.1. The SMILES string of the molecule is CCOC(=O)CC([NH3+])c1ccc(F)cc1. The number of halogens is 1. The summed E-state index contributed by atoms with van der Waals surface area (Å²) in [6, 6.07) is 5.79. The second-order valence-electron chi connectivity index (χ2n) is 3.26. The maximum Gasteiger partial charge on any atom is 0.312 e. The molecule has 0 aliphatic heterocycles. The Morgan fingerprint density at radius 3 is 2.60 bits per heavy atom. The first-order valence-corrected chi connectivity index (χ1v) is 4.87. The van der Waals surface area contributed by atoms with Gasteiger partial charge in [0.25, 0.3) is 0 Å². The monoisotopic (exact) mass is 212 g/mol. The van der Waals surface area contributed by atoms with Gasteiger partial charge in [0, 0.05) is 5.56 Å². The Kier molecular flexibility index (Phi) is 4.24. The number of carbonyl (C=O) groups excluding carboxylic acids is 1. The molecule has 0 heterocycles. The number of carbonyl (C=O) groups is 1. The summed E-state index contributed by atoms with van der Waals surface area (Å²) in [6.45, 7) is 2.13. The highest BCUT2D eigenvalue weighted by Gasteiger charge is 2.15. The molecule has 1 unspecified atom stereocenters. The minimum Gasteiger partial charge on any atom is -0.466 e. The van der Waals surface area contributed by atoms with E-state index in [1.165, 1.54) is 12.1 Å². The molecule has 1 aromatic rings. The van der Waals surface area contributed by atoms with Crippen LogP contribution in [0.4, 0.5) is 4.39 Å². The number of quaternary nitrogens is 1. The molecule has 3 nitrogen and oxygen atoms in total. The minimum absolute atomic E-state index is 0.190. The molecule has 0 saturated heterocycles. The van der Waals surface area contributed by atoms with E-state index in [1.54, 1.807) is 19.1 Å². The third kappa shape index (κ3) is 3.67. The molecular formula is C11H15FNO2+. The zero-order valence-electron chi connectivity index (χ0n) is 8.70. The van der Waals surface area contributed by atoms with Crippen molar-refractivity contribution in [2.75, 3.05) is 6.61 Å². The van der Waals surface area contributed by atoms with Crippen LogP contribution in [-0.2, 0) is 9.53 Å². The standard InChI is InChI=1S/C11H14FNO2/c1-2-15-11(14)7-10(13)8-3-5-9(12)6-4-8/h3-6,10H,2,7,13H2,1H3/p+1. The average molecular weight is 212 g/mol. The number of benzene rings is 1. The van der Waals surface area contributed by atoms with Crippen molar-refractivity contribution in [1.82, 2.24) is 0 Å². The first kappa shape index (κ1) is 11.7. The van der Waals surface area contributed by atoms with Crippen molar-refractivity contribution in [2.24, 2.45) is 0 Å².